The molecule has 0 spiro atoms. The summed E-state index contributed by atoms with van der Waals surface area (Å²) in [7, 11) is 1.61. The van der Waals surface area contributed by atoms with Crippen molar-refractivity contribution in [2.45, 2.75) is 20.3 Å². The number of hydrogen-bond donors (Lipinski definition) is 0. The van der Waals surface area contributed by atoms with Crippen molar-refractivity contribution in [1.29, 1.82) is 0 Å². The Kier molecular flexibility index (Phi) is 3.43. The molecular formula is C12H18ClN3O. The van der Waals surface area contributed by atoms with Crippen molar-refractivity contribution in [1.82, 2.24) is 9.78 Å². The summed E-state index contributed by atoms with van der Waals surface area (Å²) in [5.74, 6) is 1.25. The highest BCUT2D eigenvalue weighted by Crippen LogP contribution is 2.28. The second-order valence-electron chi connectivity index (χ2n) is 5.12. The predicted octanol–water partition coefficient (Wildman–Crippen LogP) is 1.92. The fourth-order valence-corrected chi connectivity index (χ4v) is 2.87. The second kappa shape index (κ2) is 4.69. The summed E-state index contributed by atoms with van der Waals surface area (Å²) in [5.41, 5.74) is 0.545. The van der Waals surface area contributed by atoms with E-state index in [0.29, 0.717) is 11.8 Å². The van der Waals surface area contributed by atoms with E-state index < -0.39 is 0 Å². The average Bonchev–Trinajstić information content (AvgIpc) is 2.24. The predicted molar refractivity (Wildman–Crippen MR) is 69.6 cm³/mol. The highest BCUT2D eigenvalue weighted by atomic mass is 35.5. The molecule has 2 unspecified atom stereocenters. The standard InChI is InChI=1S/C12H18ClN3O/c1-8-4-9(2)7-16(6-8)10-5-14-15(3)12(17)11(10)13/h5,8-9H,4,6-7H2,1-3H3. The number of halogens is 1. The lowest BCUT2D eigenvalue weighted by molar-refractivity contribution is 0.356. The Balaban J connectivity index is 2.34. The van der Waals surface area contributed by atoms with E-state index in [1.54, 1.807) is 13.2 Å². The lowest BCUT2D eigenvalue weighted by Gasteiger charge is -2.36. The van der Waals surface area contributed by atoms with Gasteiger partial charge in [0.1, 0.15) is 5.02 Å². The van der Waals surface area contributed by atoms with E-state index in [9.17, 15) is 4.79 Å². The molecule has 1 saturated heterocycles. The fraction of sp³-hybridized carbons (Fsp3) is 0.667. The zero-order chi connectivity index (χ0) is 12.6. The quantitative estimate of drug-likeness (QED) is 0.770. The topological polar surface area (TPSA) is 38.1 Å². The van der Waals surface area contributed by atoms with Crippen LogP contribution in [0.1, 0.15) is 20.3 Å². The molecule has 1 fully saturated rings. The third-order valence-electron chi connectivity index (χ3n) is 3.27. The van der Waals surface area contributed by atoms with Gasteiger partial charge in [-0.05, 0) is 18.3 Å². The van der Waals surface area contributed by atoms with Gasteiger partial charge in [0.05, 0.1) is 11.9 Å². The molecule has 1 aromatic heterocycles. The molecule has 2 heterocycles. The lowest BCUT2D eigenvalue weighted by Crippen LogP contribution is -2.40. The number of anilines is 1. The maximum Gasteiger partial charge on any atom is 0.287 e. The summed E-state index contributed by atoms with van der Waals surface area (Å²) >= 11 is 6.11. The van der Waals surface area contributed by atoms with Crippen LogP contribution in [0.25, 0.3) is 0 Å². The van der Waals surface area contributed by atoms with Gasteiger partial charge in [0.15, 0.2) is 0 Å². The summed E-state index contributed by atoms with van der Waals surface area (Å²) in [6, 6.07) is 0. The number of hydrogen-bond acceptors (Lipinski definition) is 3. The first-order valence-electron chi connectivity index (χ1n) is 5.95. The Morgan fingerprint density at radius 3 is 2.53 bits per heavy atom. The largest absolute Gasteiger partial charge is 0.368 e. The molecule has 0 bridgehead atoms. The molecule has 2 rings (SSSR count). The number of rotatable bonds is 1. The Morgan fingerprint density at radius 2 is 1.94 bits per heavy atom. The third-order valence-corrected chi connectivity index (χ3v) is 3.62. The molecule has 17 heavy (non-hydrogen) atoms. The minimum Gasteiger partial charge on any atom is -0.368 e. The van der Waals surface area contributed by atoms with Crippen LogP contribution >= 0.6 is 11.6 Å². The molecule has 94 valence electrons. The first-order chi connectivity index (χ1) is 7.99. The Bertz CT molecular complexity index is 461. The van der Waals surface area contributed by atoms with Gasteiger partial charge in [0.2, 0.25) is 0 Å². The first-order valence-corrected chi connectivity index (χ1v) is 6.33. The molecule has 0 aliphatic carbocycles. The van der Waals surface area contributed by atoms with Crippen LogP contribution < -0.4 is 10.5 Å². The molecule has 4 nitrogen and oxygen atoms in total. The van der Waals surface area contributed by atoms with E-state index in [2.05, 4.69) is 23.8 Å². The number of nitrogens with zero attached hydrogens (tertiary/aromatic N) is 3. The van der Waals surface area contributed by atoms with Gasteiger partial charge in [-0.3, -0.25) is 4.79 Å². The van der Waals surface area contributed by atoms with E-state index >= 15 is 0 Å². The van der Waals surface area contributed by atoms with E-state index in [-0.39, 0.29) is 10.6 Å². The zero-order valence-corrected chi connectivity index (χ0v) is 11.2. The van der Waals surface area contributed by atoms with E-state index in [1.807, 2.05) is 0 Å². The van der Waals surface area contributed by atoms with Crippen LogP contribution in [0.3, 0.4) is 0 Å². The van der Waals surface area contributed by atoms with Gasteiger partial charge in [-0.2, -0.15) is 5.10 Å². The van der Waals surface area contributed by atoms with Gasteiger partial charge < -0.3 is 4.90 Å². The third kappa shape index (κ3) is 2.46. The second-order valence-corrected chi connectivity index (χ2v) is 5.50. The molecule has 1 aromatic rings. The van der Waals surface area contributed by atoms with Crippen LogP contribution in [0.15, 0.2) is 11.0 Å². The van der Waals surface area contributed by atoms with Crippen LogP contribution in [0.4, 0.5) is 5.69 Å². The molecule has 0 radical (unpaired) electrons. The van der Waals surface area contributed by atoms with Crippen LogP contribution in [-0.4, -0.2) is 22.9 Å². The summed E-state index contributed by atoms with van der Waals surface area (Å²) < 4.78 is 1.27. The summed E-state index contributed by atoms with van der Waals surface area (Å²) in [5, 5.41) is 4.32. The Labute approximate surface area is 106 Å². The fourth-order valence-electron chi connectivity index (χ4n) is 2.58. The summed E-state index contributed by atoms with van der Waals surface area (Å²) in [4.78, 5) is 13.9. The number of aromatic nitrogens is 2. The van der Waals surface area contributed by atoms with Crippen molar-refractivity contribution < 1.29 is 0 Å². The van der Waals surface area contributed by atoms with E-state index in [1.165, 1.54) is 11.1 Å². The van der Waals surface area contributed by atoms with Crippen LogP contribution in [0.5, 0.6) is 0 Å². The van der Waals surface area contributed by atoms with E-state index in [0.717, 1.165) is 18.8 Å². The van der Waals surface area contributed by atoms with Crippen molar-refractivity contribution in [3.05, 3.63) is 21.6 Å². The number of aryl methyl sites for hydroxylation is 1. The Hall–Kier alpha value is -1.03. The van der Waals surface area contributed by atoms with Crippen LogP contribution in [-0.2, 0) is 7.05 Å². The Morgan fingerprint density at radius 1 is 1.35 bits per heavy atom. The summed E-state index contributed by atoms with van der Waals surface area (Å²) in [6.45, 7) is 6.34. The molecule has 0 N–H and O–H groups in total. The van der Waals surface area contributed by atoms with Gasteiger partial charge in [0.25, 0.3) is 5.56 Å². The van der Waals surface area contributed by atoms with E-state index in [4.69, 9.17) is 11.6 Å². The molecule has 0 amide bonds. The van der Waals surface area contributed by atoms with Crippen LogP contribution in [0, 0.1) is 11.8 Å². The normalized spacial score (nSPS) is 25.1. The lowest BCUT2D eigenvalue weighted by atomic mass is 9.92. The first kappa shape index (κ1) is 12.4. The molecule has 1 aliphatic rings. The molecular weight excluding hydrogens is 238 g/mol. The van der Waals surface area contributed by atoms with Crippen molar-refractivity contribution >= 4 is 17.3 Å². The smallest absolute Gasteiger partial charge is 0.287 e. The zero-order valence-electron chi connectivity index (χ0n) is 10.5. The van der Waals surface area contributed by atoms with Crippen molar-refractivity contribution in [3.8, 4) is 0 Å². The SMILES string of the molecule is CC1CC(C)CN(c2cnn(C)c(=O)c2Cl)C1. The monoisotopic (exact) mass is 255 g/mol. The maximum absolute atomic E-state index is 11.7. The van der Waals surface area contributed by atoms with Crippen molar-refractivity contribution in [2.24, 2.45) is 18.9 Å². The minimum absolute atomic E-state index is 0.227. The highest BCUT2D eigenvalue weighted by Gasteiger charge is 2.24. The maximum atomic E-state index is 11.7. The van der Waals surface area contributed by atoms with Gasteiger partial charge in [0, 0.05) is 20.1 Å². The molecule has 2 atom stereocenters. The molecule has 0 aromatic carbocycles. The van der Waals surface area contributed by atoms with Crippen LogP contribution in [0.2, 0.25) is 5.02 Å². The number of piperidine rings is 1. The van der Waals surface area contributed by atoms with Crippen molar-refractivity contribution in [2.75, 3.05) is 18.0 Å². The van der Waals surface area contributed by atoms with Gasteiger partial charge >= 0.3 is 0 Å². The van der Waals surface area contributed by atoms with Gasteiger partial charge in [-0.1, -0.05) is 25.4 Å². The molecule has 0 saturated carbocycles. The molecule has 5 heteroatoms. The summed E-state index contributed by atoms with van der Waals surface area (Å²) in [6.07, 6.45) is 2.92. The molecule has 1 aliphatic heterocycles. The minimum atomic E-state index is -0.227. The van der Waals surface area contributed by atoms with Crippen molar-refractivity contribution in [3.63, 3.8) is 0 Å². The van der Waals surface area contributed by atoms with Gasteiger partial charge in [-0.25, -0.2) is 4.68 Å². The highest BCUT2D eigenvalue weighted by molar-refractivity contribution is 6.33. The average molecular weight is 256 g/mol. The van der Waals surface area contributed by atoms with Gasteiger partial charge in [-0.15, -0.1) is 0 Å².